The molecule has 98 valence electrons. The first-order chi connectivity index (χ1) is 8.59. The molecule has 1 fully saturated rings. The highest BCUT2D eigenvalue weighted by molar-refractivity contribution is 6.31. The Bertz CT molecular complexity index is 435. The maximum absolute atomic E-state index is 13.6. The van der Waals surface area contributed by atoms with Gasteiger partial charge in [0.15, 0.2) is 0 Å². The molecule has 1 aliphatic heterocycles. The summed E-state index contributed by atoms with van der Waals surface area (Å²) >= 11 is 5.93. The molecule has 1 atom stereocenters. The van der Waals surface area contributed by atoms with E-state index in [1.807, 2.05) is 0 Å². The number of rotatable bonds is 3. The lowest BCUT2D eigenvalue weighted by Crippen LogP contribution is -2.49. The maximum atomic E-state index is 13.6. The molecule has 1 saturated heterocycles. The summed E-state index contributed by atoms with van der Waals surface area (Å²) in [5.74, 6) is -1.39. The first-order valence-electron chi connectivity index (χ1n) is 5.57. The van der Waals surface area contributed by atoms with Crippen LogP contribution in [0.4, 0.5) is 4.39 Å². The van der Waals surface area contributed by atoms with Crippen LogP contribution < -0.4 is 0 Å². The van der Waals surface area contributed by atoms with Gasteiger partial charge in [-0.15, -0.1) is 0 Å². The molecular formula is C12H13ClFNO3. The van der Waals surface area contributed by atoms with E-state index < -0.39 is 17.8 Å². The predicted octanol–water partition coefficient (Wildman–Crippen LogP) is 1.76. The van der Waals surface area contributed by atoms with Crippen molar-refractivity contribution in [2.45, 2.75) is 12.6 Å². The Morgan fingerprint density at radius 3 is 3.06 bits per heavy atom. The van der Waals surface area contributed by atoms with E-state index in [2.05, 4.69) is 0 Å². The molecule has 0 saturated carbocycles. The van der Waals surface area contributed by atoms with Crippen molar-refractivity contribution >= 4 is 17.6 Å². The third-order valence-corrected chi connectivity index (χ3v) is 3.30. The van der Waals surface area contributed by atoms with E-state index in [0.717, 1.165) is 0 Å². The third kappa shape index (κ3) is 2.80. The molecule has 2 rings (SSSR count). The van der Waals surface area contributed by atoms with Crippen LogP contribution in [0.15, 0.2) is 18.2 Å². The van der Waals surface area contributed by atoms with Gasteiger partial charge in [0, 0.05) is 23.7 Å². The zero-order valence-corrected chi connectivity index (χ0v) is 10.4. The van der Waals surface area contributed by atoms with E-state index in [1.54, 1.807) is 11.0 Å². The monoisotopic (exact) mass is 273 g/mol. The number of carboxylic acid groups (broad SMARTS) is 1. The van der Waals surface area contributed by atoms with Crippen LogP contribution in [-0.2, 0) is 16.1 Å². The van der Waals surface area contributed by atoms with E-state index in [4.69, 9.17) is 21.4 Å². The summed E-state index contributed by atoms with van der Waals surface area (Å²) in [4.78, 5) is 12.7. The van der Waals surface area contributed by atoms with Crippen LogP contribution in [0.1, 0.15) is 5.56 Å². The minimum absolute atomic E-state index is 0.113. The number of hydrogen-bond donors (Lipinski definition) is 1. The van der Waals surface area contributed by atoms with Gasteiger partial charge in [0.25, 0.3) is 0 Å². The summed E-state index contributed by atoms with van der Waals surface area (Å²) in [5, 5.41) is 9.39. The lowest BCUT2D eigenvalue weighted by molar-refractivity contribution is -0.150. The van der Waals surface area contributed by atoms with Gasteiger partial charge in [-0.25, -0.2) is 4.39 Å². The summed E-state index contributed by atoms with van der Waals surface area (Å²) in [7, 11) is 0. The summed E-state index contributed by atoms with van der Waals surface area (Å²) in [6.45, 7) is 1.17. The van der Waals surface area contributed by atoms with Crippen LogP contribution >= 0.6 is 11.6 Å². The van der Waals surface area contributed by atoms with Crippen LogP contribution in [0, 0.1) is 5.82 Å². The van der Waals surface area contributed by atoms with Gasteiger partial charge in [0.05, 0.1) is 13.2 Å². The quantitative estimate of drug-likeness (QED) is 0.912. The molecule has 0 spiro atoms. The Hall–Kier alpha value is -1.17. The lowest BCUT2D eigenvalue weighted by atomic mass is 10.1. The minimum atomic E-state index is -0.970. The van der Waals surface area contributed by atoms with Crippen molar-refractivity contribution in [3.05, 3.63) is 34.6 Å². The number of carbonyl (C=O) groups is 1. The summed E-state index contributed by atoms with van der Waals surface area (Å²) in [6, 6.07) is 3.68. The average molecular weight is 274 g/mol. The molecule has 0 amide bonds. The fraction of sp³-hybridized carbons (Fsp3) is 0.417. The van der Waals surface area contributed by atoms with Crippen LogP contribution in [0.25, 0.3) is 0 Å². The number of aliphatic carboxylic acids is 1. The number of nitrogens with zero attached hydrogens (tertiary/aromatic N) is 1. The average Bonchev–Trinajstić information content (AvgIpc) is 2.34. The van der Waals surface area contributed by atoms with Crippen molar-refractivity contribution in [2.24, 2.45) is 0 Å². The molecule has 1 unspecified atom stereocenters. The number of ether oxygens (including phenoxy) is 1. The molecule has 0 aliphatic carbocycles. The van der Waals surface area contributed by atoms with Crippen molar-refractivity contribution in [1.29, 1.82) is 0 Å². The normalized spacial score (nSPS) is 20.9. The van der Waals surface area contributed by atoms with Gasteiger partial charge in [-0.2, -0.15) is 0 Å². The van der Waals surface area contributed by atoms with Crippen LogP contribution in [0.3, 0.4) is 0 Å². The Morgan fingerprint density at radius 2 is 2.39 bits per heavy atom. The highest BCUT2D eigenvalue weighted by atomic mass is 35.5. The fourth-order valence-corrected chi connectivity index (χ4v) is 2.16. The lowest BCUT2D eigenvalue weighted by Gasteiger charge is -2.33. The van der Waals surface area contributed by atoms with E-state index in [9.17, 15) is 9.18 Å². The van der Waals surface area contributed by atoms with Crippen molar-refractivity contribution in [3.8, 4) is 0 Å². The second kappa shape index (κ2) is 5.65. The highest BCUT2D eigenvalue weighted by Crippen LogP contribution is 2.22. The molecule has 1 aliphatic rings. The standard InChI is InChI=1S/C12H13ClFNO3/c13-9-2-1-3-10(14)8(9)6-15-4-5-18-7-11(15)12(16)17/h1-3,11H,4-7H2,(H,16,17). The molecule has 4 nitrogen and oxygen atoms in total. The zero-order chi connectivity index (χ0) is 13.1. The molecule has 1 N–H and O–H groups in total. The van der Waals surface area contributed by atoms with Gasteiger partial charge in [-0.1, -0.05) is 17.7 Å². The second-order valence-corrected chi connectivity index (χ2v) is 4.51. The Balaban J connectivity index is 2.18. The summed E-state index contributed by atoms with van der Waals surface area (Å²) < 4.78 is 18.8. The van der Waals surface area contributed by atoms with E-state index in [-0.39, 0.29) is 13.2 Å². The Morgan fingerprint density at radius 1 is 1.61 bits per heavy atom. The molecular weight excluding hydrogens is 261 g/mol. The van der Waals surface area contributed by atoms with E-state index in [1.165, 1.54) is 12.1 Å². The number of carboxylic acids is 1. The molecule has 18 heavy (non-hydrogen) atoms. The van der Waals surface area contributed by atoms with Crippen molar-refractivity contribution in [1.82, 2.24) is 4.90 Å². The van der Waals surface area contributed by atoms with E-state index in [0.29, 0.717) is 23.7 Å². The number of morpholine rings is 1. The van der Waals surface area contributed by atoms with Gasteiger partial charge in [0.2, 0.25) is 0 Å². The molecule has 1 aromatic rings. The van der Waals surface area contributed by atoms with Crippen molar-refractivity contribution in [2.75, 3.05) is 19.8 Å². The molecule has 1 heterocycles. The smallest absolute Gasteiger partial charge is 0.323 e. The van der Waals surface area contributed by atoms with Gasteiger partial charge in [-0.3, -0.25) is 9.69 Å². The van der Waals surface area contributed by atoms with Gasteiger partial charge < -0.3 is 9.84 Å². The Labute approximate surface area is 109 Å². The van der Waals surface area contributed by atoms with Crippen molar-refractivity contribution in [3.63, 3.8) is 0 Å². The van der Waals surface area contributed by atoms with Gasteiger partial charge in [0.1, 0.15) is 11.9 Å². The molecule has 1 aromatic carbocycles. The second-order valence-electron chi connectivity index (χ2n) is 4.10. The molecule has 0 radical (unpaired) electrons. The maximum Gasteiger partial charge on any atom is 0.323 e. The molecule has 0 aromatic heterocycles. The van der Waals surface area contributed by atoms with Crippen molar-refractivity contribution < 1.29 is 19.0 Å². The molecule has 0 bridgehead atoms. The first kappa shape index (κ1) is 13.3. The largest absolute Gasteiger partial charge is 0.480 e. The molecule has 6 heteroatoms. The van der Waals surface area contributed by atoms with Gasteiger partial charge in [-0.05, 0) is 12.1 Å². The van der Waals surface area contributed by atoms with Crippen LogP contribution in [0.2, 0.25) is 5.02 Å². The fourth-order valence-electron chi connectivity index (χ4n) is 1.94. The zero-order valence-electron chi connectivity index (χ0n) is 9.60. The Kier molecular flexibility index (Phi) is 4.16. The van der Waals surface area contributed by atoms with Gasteiger partial charge >= 0.3 is 5.97 Å². The summed E-state index contributed by atoms with van der Waals surface area (Å²) in [5.41, 5.74) is 0.326. The van der Waals surface area contributed by atoms with Crippen LogP contribution in [0.5, 0.6) is 0 Å². The highest BCUT2D eigenvalue weighted by Gasteiger charge is 2.30. The van der Waals surface area contributed by atoms with Crippen LogP contribution in [-0.4, -0.2) is 41.8 Å². The predicted molar refractivity (Wildman–Crippen MR) is 64.1 cm³/mol. The first-order valence-corrected chi connectivity index (χ1v) is 5.95. The number of halogens is 2. The topological polar surface area (TPSA) is 49.8 Å². The minimum Gasteiger partial charge on any atom is -0.480 e. The summed E-state index contributed by atoms with van der Waals surface area (Å²) in [6.07, 6.45) is 0. The number of benzene rings is 1. The van der Waals surface area contributed by atoms with E-state index >= 15 is 0 Å². The SMILES string of the molecule is O=C(O)C1COCCN1Cc1c(F)cccc1Cl. The third-order valence-electron chi connectivity index (χ3n) is 2.95. The number of hydrogen-bond acceptors (Lipinski definition) is 3.